The lowest BCUT2D eigenvalue weighted by Gasteiger charge is -2.11. The van der Waals surface area contributed by atoms with E-state index in [0.717, 1.165) is 44.2 Å². The minimum absolute atomic E-state index is 0.667. The predicted octanol–water partition coefficient (Wildman–Crippen LogP) is 9.96. The smallest absolute Gasteiger partial charge is 0.0991 e. The molecule has 3 heteroatoms. The van der Waals surface area contributed by atoms with Gasteiger partial charge in [0.15, 0.2) is 0 Å². The molecule has 0 fully saturated rings. The van der Waals surface area contributed by atoms with Crippen LogP contribution < -0.4 is 0 Å². The van der Waals surface area contributed by atoms with Gasteiger partial charge in [0.05, 0.1) is 28.4 Å². The zero-order valence-corrected chi connectivity index (χ0v) is 22.6. The van der Waals surface area contributed by atoms with Gasteiger partial charge in [-0.3, -0.25) is 4.98 Å². The van der Waals surface area contributed by atoms with Crippen LogP contribution in [-0.2, 0) is 0 Å². The number of rotatable bonds is 3. The van der Waals surface area contributed by atoms with Crippen molar-refractivity contribution in [2.45, 2.75) is 0 Å². The summed E-state index contributed by atoms with van der Waals surface area (Å²) >= 11 is 0. The number of hydrogen-bond donors (Lipinski definition) is 0. The number of nitriles is 1. The Kier molecular flexibility index (Phi) is 5.52. The fourth-order valence-electron chi connectivity index (χ4n) is 5.90. The highest BCUT2D eigenvalue weighted by Gasteiger charge is 2.10. The van der Waals surface area contributed by atoms with E-state index in [9.17, 15) is 5.26 Å². The fraction of sp³-hybridized carbons (Fsp3) is 0. The Bertz CT molecular complexity index is 2360. The number of benzene rings is 6. The minimum atomic E-state index is 0.667. The Morgan fingerprint density at radius 2 is 1.10 bits per heavy atom. The fourth-order valence-corrected chi connectivity index (χ4v) is 5.90. The van der Waals surface area contributed by atoms with Gasteiger partial charge in [-0.05, 0) is 86.3 Å². The van der Waals surface area contributed by atoms with Crippen LogP contribution in [0.5, 0.6) is 0 Å². The molecule has 2 heterocycles. The molecule has 0 saturated heterocycles. The Hall–Kier alpha value is -5.85. The molecule has 0 saturated carbocycles. The minimum Gasteiger partial charge on any atom is -0.254 e. The Morgan fingerprint density at radius 3 is 1.90 bits per heavy atom. The molecule has 0 unspecified atom stereocenters. The van der Waals surface area contributed by atoms with E-state index < -0.39 is 0 Å². The normalized spacial score (nSPS) is 11.3. The van der Waals surface area contributed by atoms with Crippen molar-refractivity contribution in [3.8, 4) is 39.6 Å². The van der Waals surface area contributed by atoms with Gasteiger partial charge in [-0.1, -0.05) is 91.0 Å². The summed E-state index contributed by atoms with van der Waals surface area (Å²) in [6.45, 7) is 0. The highest BCUT2D eigenvalue weighted by Crippen LogP contribution is 2.34. The molecule has 0 bridgehead atoms. The van der Waals surface area contributed by atoms with Crippen LogP contribution in [0.25, 0.3) is 76.9 Å². The highest BCUT2D eigenvalue weighted by molar-refractivity contribution is 6.04. The maximum Gasteiger partial charge on any atom is 0.0991 e. The molecule has 0 atom stereocenters. The number of aromatic nitrogens is 2. The van der Waals surface area contributed by atoms with Crippen LogP contribution in [0.15, 0.2) is 140 Å². The van der Waals surface area contributed by atoms with Crippen LogP contribution in [0.4, 0.5) is 0 Å². The van der Waals surface area contributed by atoms with Crippen LogP contribution in [-0.4, -0.2) is 9.97 Å². The summed E-state index contributed by atoms with van der Waals surface area (Å²) in [5.41, 5.74) is 9.17. The van der Waals surface area contributed by atoms with Crippen LogP contribution >= 0.6 is 0 Å². The van der Waals surface area contributed by atoms with Crippen LogP contribution in [0.1, 0.15) is 5.56 Å². The van der Waals surface area contributed by atoms with E-state index in [1.165, 1.54) is 32.7 Å². The standard InChI is InChI=1S/C39H23N3/c40-24-25-6-8-27(9-7-25)35-5-1-3-26-10-13-33(23-36(26)35)31-14-15-32-22-34(17-16-30(32)21-31)37-19-18-29-12-11-28-4-2-20-41-38(28)39(29)42-37/h1-23H. The maximum atomic E-state index is 9.20. The third-order valence-electron chi connectivity index (χ3n) is 8.11. The van der Waals surface area contributed by atoms with Crippen molar-refractivity contribution in [3.63, 3.8) is 0 Å². The summed E-state index contributed by atoms with van der Waals surface area (Å²) in [4.78, 5) is 9.65. The molecule has 0 spiro atoms. The van der Waals surface area contributed by atoms with Gasteiger partial charge in [0.25, 0.3) is 0 Å². The van der Waals surface area contributed by atoms with Crippen LogP contribution in [0.3, 0.4) is 0 Å². The van der Waals surface area contributed by atoms with E-state index in [4.69, 9.17) is 4.98 Å². The van der Waals surface area contributed by atoms with Gasteiger partial charge in [-0.25, -0.2) is 4.98 Å². The second-order valence-corrected chi connectivity index (χ2v) is 10.6. The number of pyridine rings is 2. The first-order valence-corrected chi connectivity index (χ1v) is 14.0. The average Bonchev–Trinajstić information content (AvgIpc) is 3.07. The SMILES string of the molecule is N#Cc1ccc(-c2cccc3ccc(-c4ccc5cc(-c6ccc7ccc8cccnc8c7n6)ccc5c4)cc23)cc1. The average molecular weight is 534 g/mol. The summed E-state index contributed by atoms with van der Waals surface area (Å²) < 4.78 is 0. The summed E-state index contributed by atoms with van der Waals surface area (Å²) in [6, 6.07) is 48.7. The van der Waals surface area contributed by atoms with Crippen molar-refractivity contribution < 1.29 is 0 Å². The number of fused-ring (bicyclic) bond motifs is 5. The van der Waals surface area contributed by atoms with E-state index in [1.54, 1.807) is 0 Å². The molecule has 6 aromatic carbocycles. The topological polar surface area (TPSA) is 49.6 Å². The van der Waals surface area contributed by atoms with Crippen molar-refractivity contribution in [2.75, 3.05) is 0 Å². The summed E-state index contributed by atoms with van der Waals surface area (Å²) in [7, 11) is 0. The molecule has 0 aliphatic heterocycles. The molecular weight excluding hydrogens is 510 g/mol. The Labute approximate surface area is 243 Å². The maximum absolute atomic E-state index is 9.20. The van der Waals surface area contributed by atoms with Gasteiger partial charge >= 0.3 is 0 Å². The van der Waals surface area contributed by atoms with E-state index in [2.05, 4.69) is 114 Å². The molecule has 2 aromatic heterocycles. The monoisotopic (exact) mass is 533 g/mol. The quantitative estimate of drug-likeness (QED) is 0.212. The first-order chi connectivity index (χ1) is 20.7. The summed E-state index contributed by atoms with van der Waals surface area (Å²) in [5, 5.41) is 16.1. The molecular formula is C39H23N3. The van der Waals surface area contributed by atoms with E-state index in [-0.39, 0.29) is 0 Å². The molecule has 3 nitrogen and oxygen atoms in total. The van der Waals surface area contributed by atoms with E-state index in [1.807, 2.05) is 36.5 Å². The predicted molar refractivity (Wildman–Crippen MR) is 173 cm³/mol. The van der Waals surface area contributed by atoms with Crippen LogP contribution in [0, 0.1) is 11.3 Å². The highest BCUT2D eigenvalue weighted by atomic mass is 14.7. The molecule has 0 aliphatic carbocycles. The molecule has 8 rings (SSSR count). The van der Waals surface area contributed by atoms with Crippen molar-refractivity contribution in [1.29, 1.82) is 5.26 Å². The molecule has 42 heavy (non-hydrogen) atoms. The third kappa shape index (κ3) is 4.06. The largest absolute Gasteiger partial charge is 0.254 e. The zero-order chi connectivity index (χ0) is 28.0. The van der Waals surface area contributed by atoms with Crippen molar-refractivity contribution in [1.82, 2.24) is 9.97 Å². The lowest BCUT2D eigenvalue weighted by molar-refractivity contribution is 1.37. The molecule has 8 aromatic rings. The first-order valence-electron chi connectivity index (χ1n) is 14.0. The van der Waals surface area contributed by atoms with E-state index >= 15 is 0 Å². The zero-order valence-electron chi connectivity index (χ0n) is 22.6. The second kappa shape index (κ2) is 9.66. The van der Waals surface area contributed by atoms with Gasteiger partial charge in [0.1, 0.15) is 0 Å². The van der Waals surface area contributed by atoms with Crippen molar-refractivity contribution in [2.24, 2.45) is 0 Å². The number of nitrogens with zero attached hydrogens (tertiary/aromatic N) is 3. The summed E-state index contributed by atoms with van der Waals surface area (Å²) in [6.07, 6.45) is 1.83. The van der Waals surface area contributed by atoms with Crippen LogP contribution in [0.2, 0.25) is 0 Å². The second-order valence-electron chi connectivity index (χ2n) is 10.6. The van der Waals surface area contributed by atoms with Gasteiger partial charge in [0.2, 0.25) is 0 Å². The van der Waals surface area contributed by atoms with Crippen molar-refractivity contribution >= 4 is 43.4 Å². The molecule has 0 amide bonds. The van der Waals surface area contributed by atoms with Gasteiger partial charge in [-0.2, -0.15) is 5.26 Å². The lowest BCUT2D eigenvalue weighted by Crippen LogP contribution is -1.89. The number of hydrogen-bond acceptors (Lipinski definition) is 3. The van der Waals surface area contributed by atoms with Crippen molar-refractivity contribution in [3.05, 3.63) is 145 Å². The molecule has 194 valence electrons. The Morgan fingerprint density at radius 1 is 0.476 bits per heavy atom. The molecule has 0 N–H and O–H groups in total. The molecule has 0 aliphatic rings. The Balaban J connectivity index is 1.18. The van der Waals surface area contributed by atoms with Gasteiger partial charge in [0, 0.05) is 22.5 Å². The van der Waals surface area contributed by atoms with E-state index in [0.29, 0.717) is 5.56 Å². The first kappa shape index (κ1) is 24.0. The lowest BCUT2D eigenvalue weighted by atomic mass is 9.93. The van der Waals surface area contributed by atoms with Gasteiger partial charge in [-0.15, -0.1) is 0 Å². The summed E-state index contributed by atoms with van der Waals surface area (Å²) in [5.74, 6) is 0. The van der Waals surface area contributed by atoms with Gasteiger partial charge < -0.3 is 0 Å². The molecule has 0 radical (unpaired) electrons. The third-order valence-corrected chi connectivity index (χ3v) is 8.11.